The van der Waals surface area contributed by atoms with Crippen LogP contribution < -0.4 is 18.9 Å². The van der Waals surface area contributed by atoms with Gasteiger partial charge in [0.25, 0.3) is 0 Å². The van der Waals surface area contributed by atoms with Crippen LogP contribution in [0.25, 0.3) is 12.2 Å². The number of rotatable bonds is 12. The van der Waals surface area contributed by atoms with Gasteiger partial charge in [0, 0.05) is 0 Å². The standard InChI is InChI=1S/C28H31FO6/c1-32-22-12-8-19(16-24(22)34-3)10-14-26(30)28(29,18-21-6-5-7-21)27(31)15-11-20-9-13-23(33-2)25(17-20)35-4/h8-17,21H,5-7,18H2,1-4H3/b14-10+,15-11+. The molecule has 0 aliphatic heterocycles. The van der Waals surface area contributed by atoms with Crippen LogP contribution in [0.2, 0.25) is 0 Å². The molecule has 1 aliphatic rings. The van der Waals surface area contributed by atoms with Crippen LogP contribution in [0.3, 0.4) is 0 Å². The highest BCUT2D eigenvalue weighted by atomic mass is 19.1. The molecule has 0 N–H and O–H groups in total. The summed E-state index contributed by atoms with van der Waals surface area (Å²) in [5.41, 5.74) is -1.39. The van der Waals surface area contributed by atoms with Gasteiger partial charge in [0.15, 0.2) is 23.0 Å². The molecule has 0 unspecified atom stereocenters. The van der Waals surface area contributed by atoms with Crippen LogP contribution in [0.4, 0.5) is 4.39 Å². The number of alkyl halides is 1. The number of carbonyl (C=O) groups excluding carboxylic acids is 2. The van der Waals surface area contributed by atoms with Gasteiger partial charge < -0.3 is 18.9 Å². The average Bonchev–Trinajstić information content (AvgIpc) is 2.87. The maximum absolute atomic E-state index is 16.1. The zero-order chi connectivity index (χ0) is 25.4. The summed E-state index contributed by atoms with van der Waals surface area (Å²) in [4.78, 5) is 26.0. The predicted molar refractivity (Wildman–Crippen MR) is 133 cm³/mol. The first-order valence-corrected chi connectivity index (χ1v) is 11.4. The molecule has 0 saturated heterocycles. The van der Waals surface area contributed by atoms with E-state index in [0.717, 1.165) is 31.4 Å². The van der Waals surface area contributed by atoms with Crippen molar-refractivity contribution in [2.24, 2.45) is 5.92 Å². The van der Waals surface area contributed by atoms with Gasteiger partial charge in [-0.1, -0.05) is 43.5 Å². The summed E-state index contributed by atoms with van der Waals surface area (Å²) >= 11 is 0. The lowest BCUT2D eigenvalue weighted by molar-refractivity contribution is -0.139. The van der Waals surface area contributed by atoms with Crippen molar-refractivity contribution in [3.8, 4) is 23.0 Å². The molecule has 0 bridgehead atoms. The first-order chi connectivity index (χ1) is 16.8. The monoisotopic (exact) mass is 482 g/mol. The zero-order valence-corrected chi connectivity index (χ0v) is 20.5. The maximum atomic E-state index is 16.1. The zero-order valence-electron chi connectivity index (χ0n) is 20.5. The number of hydrogen-bond donors (Lipinski definition) is 0. The largest absolute Gasteiger partial charge is 0.493 e. The summed E-state index contributed by atoms with van der Waals surface area (Å²) in [6.07, 6.45) is 7.68. The van der Waals surface area contributed by atoms with Crippen LogP contribution in [-0.2, 0) is 9.59 Å². The Labute approximate surface area is 205 Å². The lowest BCUT2D eigenvalue weighted by atomic mass is 9.75. The molecule has 0 radical (unpaired) electrons. The molecular formula is C28H31FO6. The first-order valence-electron chi connectivity index (χ1n) is 11.4. The van der Waals surface area contributed by atoms with Gasteiger partial charge in [0.05, 0.1) is 28.4 Å². The third-order valence-electron chi connectivity index (χ3n) is 6.25. The number of hydrogen-bond acceptors (Lipinski definition) is 6. The first kappa shape index (κ1) is 26.0. The van der Waals surface area contributed by atoms with E-state index >= 15 is 4.39 Å². The van der Waals surface area contributed by atoms with Crippen LogP contribution >= 0.6 is 0 Å². The molecule has 186 valence electrons. The molecule has 0 aromatic heterocycles. The van der Waals surface area contributed by atoms with Gasteiger partial charge in [-0.05, 0) is 59.9 Å². The third kappa shape index (κ3) is 6.10. The van der Waals surface area contributed by atoms with Crippen LogP contribution in [0.1, 0.15) is 36.8 Å². The molecule has 2 aromatic rings. The molecule has 0 atom stereocenters. The predicted octanol–water partition coefficient (Wildman–Crippen LogP) is 5.48. The second-order valence-electron chi connectivity index (χ2n) is 8.43. The van der Waals surface area contributed by atoms with E-state index in [1.54, 1.807) is 36.4 Å². The smallest absolute Gasteiger partial charge is 0.234 e. The Bertz CT molecular complexity index is 1040. The Balaban J connectivity index is 1.83. The SMILES string of the molecule is COc1ccc(/C=C/C(=O)C(F)(CC2CCC2)C(=O)/C=C/c2ccc(OC)c(OC)c2)cc1OC. The average molecular weight is 483 g/mol. The van der Waals surface area contributed by atoms with Crippen molar-refractivity contribution in [1.82, 2.24) is 0 Å². The van der Waals surface area contributed by atoms with Crippen LogP contribution in [0, 0.1) is 5.92 Å². The van der Waals surface area contributed by atoms with E-state index in [-0.39, 0.29) is 12.3 Å². The Morgan fingerprint density at radius 2 is 1.23 bits per heavy atom. The summed E-state index contributed by atoms with van der Waals surface area (Å²) < 4.78 is 37.1. The molecule has 7 heteroatoms. The molecule has 35 heavy (non-hydrogen) atoms. The Morgan fingerprint density at radius 3 is 1.57 bits per heavy atom. The lowest BCUT2D eigenvalue weighted by Gasteiger charge is -2.31. The van der Waals surface area contributed by atoms with E-state index in [1.165, 1.54) is 40.6 Å². The fraction of sp³-hybridized carbons (Fsp3) is 0.357. The van der Waals surface area contributed by atoms with E-state index < -0.39 is 17.2 Å². The number of benzene rings is 2. The molecular weight excluding hydrogens is 451 g/mol. The number of methoxy groups -OCH3 is 4. The molecule has 6 nitrogen and oxygen atoms in total. The van der Waals surface area contributed by atoms with Crippen molar-refractivity contribution in [3.05, 3.63) is 59.7 Å². The Kier molecular flexibility index (Phi) is 8.68. The molecule has 1 fully saturated rings. The number of ketones is 2. The Hall–Kier alpha value is -3.61. The molecule has 1 aliphatic carbocycles. The molecule has 0 heterocycles. The van der Waals surface area contributed by atoms with Crippen molar-refractivity contribution >= 4 is 23.7 Å². The van der Waals surface area contributed by atoms with Crippen molar-refractivity contribution in [2.75, 3.05) is 28.4 Å². The van der Waals surface area contributed by atoms with Gasteiger partial charge in [0.2, 0.25) is 17.2 Å². The van der Waals surface area contributed by atoms with E-state index in [1.807, 2.05) is 0 Å². The van der Waals surface area contributed by atoms with Gasteiger partial charge >= 0.3 is 0 Å². The van der Waals surface area contributed by atoms with Crippen molar-refractivity contribution in [3.63, 3.8) is 0 Å². The topological polar surface area (TPSA) is 71.1 Å². The van der Waals surface area contributed by atoms with E-state index in [9.17, 15) is 9.59 Å². The van der Waals surface area contributed by atoms with Crippen molar-refractivity contribution < 1.29 is 32.9 Å². The minimum absolute atomic E-state index is 0.0110. The highest BCUT2D eigenvalue weighted by molar-refractivity contribution is 6.20. The Morgan fingerprint density at radius 1 is 0.800 bits per heavy atom. The van der Waals surface area contributed by atoms with Gasteiger partial charge in [-0.2, -0.15) is 0 Å². The normalized spacial score (nSPS) is 14.1. The fourth-order valence-electron chi connectivity index (χ4n) is 3.94. The number of halogens is 1. The van der Waals surface area contributed by atoms with E-state index in [0.29, 0.717) is 34.1 Å². The maximum Gasteiger partial charge on any atom is 0.234 e. The summed E-state index contributed by atoms with van der Waals surface area (Å²) in [7, 11) is 6.06. The van der Waals surface area contributed by atoms with Crippen LogP contribution in [0.15, 0.2) is 48.6 Å². The summed E-state index contributed by atoms with van der Waals surface area (Å²) in [5, 5.41) is 0. The molecule has 1 saturated carbocycles. The minimum atomic E-state index is -2.63. The van der Waals surface area contributed by atoms with Gasteiger partial charge in [-0.15, -0.1) is 0 Å². The number of carbonyl (C=O) groups is 2. The summed E-state index contributed by atoms with van der Waals surface area (Å²) in [6.45, 7) is 0. The summed E-state index contributed by atoms with van der Waals surface area (Å²) in [6, 6.07) is 10.2. The minimum Gasteiger partial charge on any atom is -0.493 e. The van der Waals surface area contributed by atoms with Gasteiger partial charge in [-0.25, -0.2) is 4.39 Å². The molecule has 0 spiro atoms. The third-order valence-corrected chi connectivity index (χ3v) is 6.25. The highest BCUT2D eigenvalue weighted by Crippen LogP contribution is 2.37. The van der Waals surface area contributed by atoms with Gasteiger partial charge in [-0.3, -0.25) is 9.59 Å². The molecule has 2 aromatic carbocycles. The molecule has 3 rings (SSSR count). The highest BCUT2D eigenvalue weighted by Gasteiger charge is 2.45. The van der Waals surface area contributed by atoms with Crippen LogP contribution in [-0.4, -0.2) is 45.7 Å². The van der Waals surface area contributed by atoms with Crippen molar-refractivity contribution in [1.29, 1.82) is 0 Å². The molecule has 0 amide bonds. The van der Waals surface area contributed by atoms with Crippen molar-refractivity contribution in [2.45, 2.75) is 31.4 Å². The van der Waals surface area contributed by atoms with E-state index in [4.69, 9.17) is 18.9 Å². The fourth-order valence-corrected chi connectivity index (χ4v) is 3.94. The lowest BCUT2D eigenvalue weighted by Crippen LogP contribution is -2.43. The van der Waals surface area contributed by atoms with Crippen LogP contribution in [0.5, 0.6) is 23.0 Å². The second-order valence-corrected chi connectivity index (χ2v) is 8.43. The number of allylic oxidation sites excluding steroid dienone is 2. The quantitative estimate of drug-likeness (QED) is 0.295. The second kappa shape index (κ2) is 11.7. The summed E-state index contributed by atoms with van der Waals surface area (Å²) in [5.74, 6) is 0.306. The number of ether oxygens (including phenoxy) is 4. The van der Waals surface area contributed by atoms with E-state index in [2.05, 4.69) is 0 Å². The van der Waals surface area contributed by atoms with Gasteiger partial charge in [0.1, 0.15) is 0 Å².